The van der Waals surface area contributed by atoms with Crippen LogP contribution in [0, 0.1) is 0 Å². The lowest BCUT2D eigenvalue weighted by atomic mass is 10.00. The summed E-state index contributed by atoms with van der Waals surface area (Å²) in [6, 6.07) is 3.85. The molecule has 1 aromatic rings. The van der Waals surface area contributed by atoms with Crippen LogP contribution in [0.15, 0.2) is 23.4 Å². The van der Waals surface area contributed by atoms with Gasteiger partial charge in [-0.15, -0.1) is 11.8 Å². The first kappa shape index (κ1) is 18.0. The van der Waals surface area contributed by atoms with Crippen molar-refractivity contribution in [3.63, 3.8) is 0 Å². The minimum absolute atomic E-state index is 0.0969. The largest absolute Gasteiger partial charge is 0.380 e. The highest BCUT2D eigenvalue weighted by Crippen LogP contribution is 2.30. The van der Waals surface area contributed by atoms with Gasteiger partial charge >= 0.3 is 0 Å². The van der Waals surface area contributed by atoms with Crippen molar-refractivity contribution in [2.24, 2.45) is 0 Å². The molecule has 1 heterocycles. The average molecular weight is 310 g/mol. The van der Waals surface area contributed by atoms with Gasteiger partial charge < -0.3 is 10.4 Å². The molecule has 0 aliphatic heterocycles. The number of thioether (sulfide) groups is 1. The number of nitrogens with zero attached hydrogens (tertiary/aromatic N) is 1. The van der Waals surface area contributed by atoms with Crippen LogP contribution in [-0.2, 0) is 11.3 Å². The van der Waals surface area contributed by atoms with Gasteiger partial charge in [0.05, 0.1) is 5.03 Å². The maximum absolute atomic E-state index is 12.0. The van der Waals surface area contributed by atoms with Crippen LogP contribution in [0.1, 0.15) is 53.0 Å². The molecule has 0 aliphatic rings. The Hall–Kier alpha value is -1.07. The molecule has 1 unspecified atom stereocenters. The van der Waals surface area contributed by atoms with E-state index < -0.39 is 5.60 Å². The Morgan fingerprint density at radius 1 is 1.38 bits per heavy atom. The van der Waals surface area contributed by atoms with E-state index in [1.165, 1.54) is 0 Å². The second-order valence-corrected chi connectivity index (χ2v) is 8.27. The molecule has 2 N–H and O–H groups in total. The zero-order valence-corrected chi connectivity index (χ0v) is 14.4. The van der Waals surface area contributed by atoms with Gasteiger partial charge in [-0.3, -0.25) is 4.79 Å². The third-order valence-electron chi connectivity index (χ3n) is 2.89. The molecule has 1 rings (SSSR count). The van der Waals surface area contributed by atoms with Gasteiger partial charge in [-0.05, 0) is 31.0 Å². The number of carbonyl (C=O) groups excluding carboxylic acids is 1. The Morgan fingerprint density at radius 2 is 2.05 bits per heavy atom. The zero-order valence-electron chi connectivity index (χ0n) is 13.6. The highest BCUT2D eigenvalue weighted by Gasteiger charge is 2.28. The summed E-state index contributed by atoms with van der Waals surface area (Å²) in [6.07, 6.45) is 2.97. The van der Waals surface area contributed by atoms with Crippen LogP contribution in [0.4, 0.5) is 0 Å². The van der Waals surface area contributed by atoms with Crippen molar-refractivity contribution >= 4 is 17.7 Å². The maximum Gasteiger partial charge on any atom is 0.251 e. The van der Waals surface area contributed by atoms with Crippen molar-refractivity contribution in [3.8, 4) is 0 Å². The Bertz CT molecular complexity index is 481. The average Bonchev–Trinajstić information content (AvgIpc) is 2.34. The predicted octanol–water partition coefficient (Wildman–Crippen LogP) is 3.14. The van der Waals surface area contributed by atoms with E-state index in [0.29, 0.717) is 13.0 Å². The van der Waals surface area contributed by atoms with Crippen LogP contribution in [0.3, 0.4) is 0 Å². The first-order chi connectivity index (χ1) is 9.64. The molecule has 0 radical (unpaired) electrons. The monoisotopic (exact) mass is 310 g/mol. The van der Waals surface area contributed by atoms with E-state index in [1.54, 1.807) is 24.9 Å². The van der Waals surface area contributed by atoms with Gasteiger partial charge in [0.1, 0.15) is 5.60 Å². The Morgan fingerprint density at radius 3 is 2.62 bits per heavy atom. The minimum atomic E-state index is -1.30. The number of hydrogen-bond donors (Lipinski definition) is 2. The molecule has 0 fully saturated rings. The van der Waals surface area contributed by atoms with E-state index in [9.17, 15) is 9.90 Å². The van der Waals surface area contributed by atoms with E-state index in [4.69, 9.17) is 0 Å². The van der Waals surface area contributed by atoms with Crippen LogP contribution < -0.4 is 5.32 Å². The fourth-order valence-corrected chi connectivity index (χ4v) is 2.85. The fraction of sp³-hybridized carbons (Fsp3) is 0.625. The molecule has 5 heteroatoms. The first-order valence-electron chi connectivity index (χ1n) is 7.28. The molecule has 0 saturated carbocycles. The Labute approximate surface area is 131 Å². The number of aliphatic hydroxyl groups is 1. The van der Waals surface area contributed by atoms with Crippen molar-refractivity contribution < 1.29 is 9.90 Å². The molecule has 4 nitrogen and oxygen atoms in total. The molecule has 21 heavy (non-hydrogen) atoms. The SMILES string of the molecule is CCCC(C)(O)C(=O)NCc1ccnc(SC(C)(C)C)c1. The van der Waals surface area contributed by atoms with Crippen LogP contribution in [-0.4, -0.2) is 26.3 Å². The Kier molecular flexibility index (Phi) is 6.23. The summed E-state index contributed by atoms with van der Waals surface area (Å²) in [7, 11) is 0. The highest BCUT2D eigenvalue weighted by molar-refractivity contribution is 8.00. The molecule has 118 valence electrons. The van der Waals surface area contributed by atoms with Gasteiger partial charge in [0.25, 0.3) is 5.91 Å². The van der Waals surface area contributed by atoms with E-state index in [2.05, 4.69) is 31.1 Å². The number of nitrogens with one attached hydrogen (secondary N) is 1. The van der Waals surface area contributed by atoms with E-state index in [-0.39, 0.29) is 10.7 Å². The molecule has 1 amide bonds. The van der Waals surface area contributed by atoms with Gasteiger partial charge in [0.2, 0.25) is 0 Å². The van der Waals surface area contributed by atoms with Gasteiger partial charge in [-0.2, -0.15) is 0 Å². The van der Waals surface area contributed by atoms with Crippen LogP contribution >= 0.6 is 11.8 Å². The minimum Gasteiger partial charge on any atom is -0.380 e. The number of aromatic nitrogens is 1. The summed E-state index contributed by atoms with van der Waals surface area (Å²) in [5, 5.41) is 13.8. The second kappa shape index (κ2) is 7.27. The molecular formula is C16H26N2O2S. The van der Waals surface area contributed by atoms with Gasteiger partial charge in [0.15, 0.2) is 0 Å². The number of amides is 1. The van der Waals surface area contributed by atoms with E-state index in [1.807, 2.05) is 19.1 Å². The molecule has 1 aromatic heterocycles. The number of hydrogen-bond acceptors (Lipinski definition) is 4. The summed E-state index contributed by atoms with van der Waals surface area (Å²) in [5.74, 6) is -0.328. The fourth-order valence-electron chi connectivity index (χ4n) is 1.90. The number of rotatable bonds is 6. The van der Waals surface area contributed by atoms with Crippen molar-refractivity contribution in [1.29, 1.82) is 0 Å². The van der Waals surface area contributed by atoms with Gasteiger partial charge in [0, 0.05) is 17.5 Å². The quantitative estimate of drug-likeness (QED) is 0.792. The highest BCUT2D eigenvalue weighted by atomic mass is 32.2. The molecule has 0 aliphatic carbocycles. The first-order valence-corrected chi connectivity index (χ1v) is 8.10. The normalized spacial score (nSPS) is 14.6. The summed E-state index contributed by atoms with van der Waals surface area (Å²) in [6.45, 7) is 10.3. The van der Waals surface area contributed by atoms with Crippen LogP contribution in [0.2, 0.25) is 0 Å². The molecule has 1 atom stereocenters. The lowest BCUT2D eigenvalue weighted by Crippen LogP contribution is -2.44. The summed E-state index contributed by atoms with van der Waals surface area (Å²) < 4.78 is 0.0969. The van der Waals surface area contributed by atoms with Crippen LogP contribution in [0.5, 0.6) is 0 Å². The van der Waals surface area contributed by atoms with E-state index >= 15 is 0 Å². The van der Waals surface area contributed by atoms with Crippen molar-refractivity contribution in [1.82, 2.24) is 10.3 Å². The molecular weight excluding hydrogens is 284 g/mol. The molecule has 0 bridgehead atoms. The van der Waals surface area contributed by atoms with Gasteiger partial charge in [-0.25, -0.2) is 4.98 Å². The zero-order chi connectivity index (χ0) is 16.1. The Balaban J connectivity index is 2.64. The molecule has 0 spiro atoms. The van der Waals surface area contributed by atoms with Gasteiger partial charge in [-0.1, -0.05) is 34.1 Å². The number of pyridine rings is 1. The lowest BCUT2D eigenvalue weighted by molar-refractivity contribution is -0.138. The number of carbonyl (C=O) groups is 1. The van der Waals surface area contributed by atoms with Crippen molar-refractivity contribution in [2.75, 3.05) is 0 Å². The van der Waals surface area contributed by atoms with Crippen molar-refractivity contribution in [3.05, 3.63) is 23.9 Å². The second-order valence-electron chi connectivity index (χ2n) is 6.42. The summed E-state index contributed by atoms with van der Waals surface area (Å²) in [5.41, 5.74) is -0.317. The topological polar surface area (TPSA) is 62.2 Å². The standard InChI is InChI=1S/C16H26N2O2S/c1-6-8-16(5,20)14(19)18-11-12-7-9-17-13(10-12)21-15(2,3)4/h7,9-10,20H,6,8,11H2,1-5H3,(H,18,19). The predicted molar refractivity (Wildman–Crippen MR) is 87.2 cm³/mol. The third-order valence-corrected chi connectivity index (χ3v) is 3.93. The summed E-state index contributed by atoms with van der Waals surface area (Å²) in [4.78, 5) is 16.3. The smallest absolute Gasteiger partial charge is 0.251 e. The molecule has 0 aromatic carbocycles. The van der Waals surface area contributed by atoms with Crippen molar-refractivity contribution in [2.45, 2.75) is 69.4 Å². The third kappa shape index (κ3) is 6.48. The summed E-state index contributed by atoms with van der Waals surface area (Å²) >= 11 is 1.69. The lowest BCUT2D eigenvalue weighted by Gasteiger charge is -2.21. The molecule has 0 saturated heterocycles. The van der Waals surface area contributed by atoms with Crippen LogP contribution in [0.25, 0.3) is 0 Å². The maximum atomic E-state index is 12.0. The van der Waals surface area contributed by atoms with E-state index in [0.717, 1.165) is 17.0 Å².